The van der Waals surface area contributed by atoms with Crippen molar-refractivity contribution in [2.75, 3.05) is 33.2 Å². The van der Waals surface area contributed by atoms with Gasteiger partial charge in [0, 0.05) is 37.3 Å². The predicted octanol–water partition coefficient (Wildman–Crippen LogP) is 1.15. The average Bonchev–Trinajstić information content (AvgIpc) is 2.22. The maximum Gasteiger partial charge on any atom is 0.0277 e. The third-order valence-electron chi connectivity index (χ3n) is 4.46. The predicted molar refractivity (Wildman–Crippen MR) is 68.8 cm³/mol. The SMILES string of the molecule is CC1CC(N2CCN(C)C(C)(C)C2)CCN1. The van der Waals surface area contributed by atoms with Crippen molar-refractivity contribution < 1.29 is 0 Å². The van der Waals surface area contributed by atoms with E-state index in [4.69, 9.17) is 0 Å². The molecule has 0 bridgehead atoms. The maximum absolute atomic E-state index is 3.54. The summed E-state index contributed by atoms with van der Waals surface area (Å²) in [6, 6.07) is 1.51. The first kappa shape index (κ1) is 12.3. The minimum atomic E-state index is 0.340. The van der Waals surface area contributed by atoms with Gasteiger partial charge in [-0.15, -0.1) is 0 Å². The minimum absolute atomic E-state index is 0.340. The van der Waals surface area contributed by atoms with E-state index in [2.05, 4.69) is 42.9 Å². The fourth-order valence-corrected chi connectivity index (χ4v) is 3.03. The van der Waals surface area contributed by atoms with Gasteiger partial charge in [0.05, 0.1) is 0 Å². The summed E-state index contributed by atoms with van der Waals surface area (Å²) in [7, 11) is 2.25. The molecular weight excluding hydrogens is 198 g/mol. The molecule has 0 aromatic rings. The van der Waals surface area contributed by atoms with E-state index in [0.717, 1.165) is 6.04 Å². The topological polar surface area (TPSA) is 18.5 Å². The molecule has 0 saturated carbocycles. The lowest BCUT2D eigenvalue weighted by Crippen LogP contribution is -2.61. The Kier molecular flexibility index (Phi) is 3.57. The Bertz CT molecular complexity index is 239. The van der Waals surface area contributed by atoms with E-state index >= 15 is 0 Å². The van der Waals surface area contributed by atoms with Gasteiger partial charge in [0.15, 0.2) is 0 Å². The van der Waals surface area contributed by atoms with Crippen LogP contribution in [0, 0.1) is 0 Å². The fourth-order valence-electron chi connectivity index (χ4n) is 3.03. The summed E-state index contributed by atoms with van der Waals surface area (Å²) in [4.78, 5) is 5.21. The number of piperazine rings is 1. The minimum Gasteiger partial charge on any atom is -0.314 e. The van der Waals surface area contributed by atoms with Crippen molar-refractivity contribution in [2.24, 2.45) is 0 Å². The van der Waals surface area contributed by atoms with Gasteiger partial charge < -0.3 is 5.32 Å². The van der Waals surface area contributed by atoms with E-state index in [0.29, 0.717) is 11.6 Å². The number of likely N-dealkylation sites (N-methyl/N-ethyl adjacent to an activating group) is 1. The van der Waals surface area contributed by atoms with Crippen molar-refractivity contribution in [1.82, 2.24) is 15.1 Å². The Labute approximate surface area is 100 Å². The van der Waals surface area contributed by atoms with Crippen LogP contribution in [0.1, 0.15) is 33.6 Å². The largest absolute Gasteiger partial charge is 0.314 e. The summed E-state index contributed by atoms with van der Waals surface area (Å²) in [6.45, 7) is 11.9. The highest BCUT2D eigenvalue weighted by molar-refractivity contribution is 4.92. The average molecular weight is 225 g/mol. The van der Waals surface area contributed by atoms with Gasteiger partial charge in [0.2, 0.25) is 0 Å². The first-order chi connectivity index (χ1) is 7.49. The maximum atomic E-state index is 3.54. The third-order valence-corrected chi connectivity index (χ3v) is 4.46. The zero-order valence-corrected chi connectivity index (χ0v) is 11.3. The van der Waals surface area contributed by atoms with Crippen LogP contribution >= 0.6 is 0 Å². The van der Waals surface area contributed by atoms with Gasteiger partial charge in [-0.1, -0.05) is 0 Å². The third kappa shape index (κ3) is 2.58. The molecule has 0 amide bonds. The van der Waals surface area contributed by atoms with E-state index in [9.17, 15) is 0 Å². The van der Waals surface area contributed by atoms with Gasteiger partial charge in [-0.05, 0) is 47.2 Å². The van der Waals surface area contributed by atoms with E-state index in [1.807, 2.05) is 0 Å². The number of piperidine rings is 1. The summed E-state index contributed by atoms with van der Waals surface area (Å²) >= 11 is 0. The van der Waals surface area contributed by atoms with Crippen LogP contribution in [-0.2, 0) is 0 Å². The number of nitrogens with one attached hydrogen (secondary N) is 1. The second kappa shape index (κ2) is 4.63. The van der Waals surface area contributed by atoms with Gasteiger partial charge in [-0.3, -0.25) is 9.80 Å². The number of hydrogen-bond acceptors (Lipinski definition) is 3. The van der Waals surface area contributed by atoms with Crippen LogP contribution in [-0.4, -0.2) is 60.6 Å². The Morgan fingerprint density at radius 3 is 2.62 bits per heavy atom. The van der Waals surface area contributed by atoms with Crippen LogP contribution in [0.2, 0.25) is 0 Å². The van der Waals surface area contributed by atoms with E-state index in [-0.39, 0.29) is 0 Å². The normalized spacial score (nSPS) is 37.5. The van der Waals surface area contributed by atoms with Gasteiger partial charge in [0.1, 0.15) is 0 Å². The van der Waals surface area contributed by atoms with Crippen LogP contribution in [0.25, 0.3) is 0 Å². The fraction of sp³-hybridized carbons (Fsp3) is 1.00. The zero-order valence-electron chi connectivity index (χ0n) is 11.3. The molecule has 2 fully saturated rings. The van der Waals surface area contributed by atoms with Gasteiger partial charge in [-0.25, -0.2) is 0 Å². The lowest BCUT2D eigenvalue weighted by molar-refractivity contribution is 0.00628. The molecule has 2 saturated heterocycles. The molecule has 0 spiro atoms. The monoisotopic (exact) mass is 225 g/mol. The molecule has 2 heterocycles. The van der Waals surface area contributed by atoms with Crippen molar-refractivity contribution in [1.29, 1.82) is 0 Å². The summed E-state index contributed by atoms with van der Waals surface area (Å²) in [6.07, 6.45) is 2.64. The summed E-state index contributed by atoms with van der Waals surface area (Å²) in [5.74, 6) is 0. The second-order valence-corrected chi connectivity index (χ2v) is 6.24. The van der Waals surface area contributed by atoms with E-state index in [1.54, 1.807) is 0 Å². The standard InChI is InChI=1S/C13H27N3/c1-11-9-12(5-6-14-11)16-8-7-15(4)13(2,3)10-16/h11-12,14H,5-10H2,1-4H3. The quantitative estimate of drug-likeness (QED) is 0.722. The highest BCUT2D eigenvalue weighted by Gasteiger charge is 2.35. The highest BCUT2D eigenvalue weighted by atomic mass is 15.3. The van der Waals surface area contributed by atoms with Gasteiger partial charge in [0.25, 0.3) is 0 Å². The molecule has 2 unspecified atom stereocenters. The molecular formula is C13H27N3. The molecule has 0 aromatic heterocycles. The van der Waals surface area contributed by atoms with Crippen LogP contribution in [0.3, 0.4) is 0 Å². The van der Waals surface area contributed by atoms with Crippen LogP contribution in [0.15, 0.2) is 0 Å². The molecule has 0 aromatic carbocycles. The van der Waals surface area contributed by atoms with E-state index in [1.165, 1.54) is 39.0 Å². The number of nitrogens with zero attached hydrogens (tertiary/aromatic N) is 2. The van der Waals surface area contributed by atoms with Crippen molar-refractivity contribution >= 4 is 0 Å². The summed E-state index contributed by atoms with van der Waals surface area (Å²) in [5.41, 5.74) is 0.340. The Hall–Kier alpha value is -0.120. The lowest BCUT2D eigenvalue weighted by Gasteiger charge is -2.49. The molecule has 1 N–H and O–H groups in total. The summed E-state index contributed by atoms with van der Waals surface area (Å²) in [5, 5.41) is 3.54. The molecule has 2 atom stereocenters. The van der Waals surface area contributed by atoms with Crippen LogP contribution in [0.4, 0.5) is 0 Å². The van der Waals surface area contributed by atoms with Crippen molar-refractivity contribution in [2.45, 2.75) is 51.2 Å². The van der Waals surface area contributed by atoms with Crippen molar-refractivity contribution in [3.8, 4) is 0 Å². The first-order valence-electron chi connectivity index (χ1n) is 6.68. The summed E-state index contributed by atoms with van der Waals surface area (Å²) < 4.78 is 0. The molecule has 0 radical (unpaired) electrons. The van der Waals surface area contributed by atoms with Gasteiger partial charge >= 0.3 is 0 Å². The number of rotatable bonds is 1. The Balaban J connectivity index is 1.95. The number of hydrogen-bond donors (Lipinski definition) is 1. The molecule has 2 rings (SSSR count). The lowest BCUT2D eigenvalue weighted by atomic mass is 9.93. The molecule has 94 valence electrons. The van der Waals surface area contributed by atoms with Crippen LogP contribution in [0.5, 0.6) is 0 Å². The Morgan fingerprint density at radius 2 is 2.00 bits per heavy atom. The first-order valence-corrected chi connectivity index (χ1v) is 6.68. The van der Waals surface area contributed by atoms with E-state index < -0.39 is 0 Å². The highest BCUT2D eigenvalue weighted by Crippen LogP contribution is 2.24. The van der Waals surface area contributed by atoms with Crippen molar-refractivity contribution in [3.05, 3.63) is 0 Å². The second-order valence-electron chi connectivity index (χ2n) is 6.24. The molecule has 3 nitrogen and oxygen atoms in total. The molecule has 3 heteroatoms. The molecule has 2 aliphatic heterocycles. The molecule has 0 aliphatic carbocycles. The molecule has 16 heavy (non-hydrogen) atoms. The zero-order chi connectivity index (χ0) is 11.8. The smallest absolute Gasteiger partial charge is 0.0277 e. The van der Waals surface area contributed by atoms with Gasteiger partial charge in [-0.2, -0.15) is 0 Å². The van der Waals surface area contributed by atoms with Crippen LogP contribution < -0.4 is 5.32 Å². The van der Waals surface area contributed by atoms with Crippen molar-refractivity contribution in [3.63, 3.8) is 0 Å². The Morgan fingerprint density at radius 1 is 1.25 bits per heavy atom. The molecule has 2 aliphatic rings.